The Morgan fingerprint density at radius 1 is 1.00 bits per heavy atom. The van der Waals surface area contributed by atoms with Crippen molar-refractivity contribution in [2.24, 2.45) is 5.92 Å². The Hall–Kier alpha value is -3.61. The van der Waals surface area contributed by atoms with E-state index in [1.165, 1.54) is 18.7 Å². The summed E-state index contributed by atoms with van der Waals surface area (Å²) in [7, 11) is 1.20. The van der Waals surface area contributed by atoms with Gasteiger partial charge in [-0.3, -0.25) is 4.79 Å². The fraction of sp³-hybridized carbons (Fsp3) is 0.370. The summed E-state index contributed by atoms with van der Waals surface area (Å²) in [6, 6.07) is 14.3. The molecule has 1 amide bonds. The molecule has 180 valence electrons. The first-order valence-corrected chi connectivity index (χ1v) is 11.4. The summed E-state index contributed by atoms with van der Waals surface area (Å²) in [5, 5.41) is 3.55. The highest BCUT2D eigenvalue weighted by molar-refractivity contribution is 5.93. The van der Waals surface area contributed by atoms with Crippen LogP contribution in [0.25, 0.3) is 11.0 Å². The monoisotopic (exact) mass is 465 g/mol. The maximum atomic E-state index is 12.7. The molecule has 1 N–H and O–H groups in total. The number of amides is 1. The molecular formula is C27H31NO6. The average Bonchev–Trinajstić information content (AvgIpc) is 2.81. The van der Waals surface area contributed by atoms with E-state index >= 15 is 0 Å². The number of benzene rings is 2. The number of carbonyl (C=O) groups excluding carboxylic acids is 2. The molecule has 0 unspecified atom stereocenters. The Kier molecular flexibility index (Phi) is 8.10. The van der Waals surface area contributed by atoms with Crippen LogP contribution in [0.2, 0.25) is 0 Å². The number of ether oxygens (including phenoxy) is 2. The van der Waals surface area contributed by atoms with Gasteiger partial charge in [-0.05, 0) is 55.5 Å². The van der Waals surface area contributed by atoms with Gasteiger partial charge in [-0.2, -0.15) is 0 Å². The standard InChI is InChI=1S/C27H31NO6/c1-16(2)12-19-6-8-20(9-7-19)18(4)25(29)28-17(3)15-33-22-11-10-21-13-23(26(30)32-5)27(31)34-24(21)14-22/h6-11,13-14,16-18H,12,15H2,1-5H3,(H,28,29)/t17-,18-/m0/s1. The molecule has 2 aromatic carbocycles. The number of esters is 1. The third kappa shape index (κ3) is 6.25. The predicted molar refractivity (Wildman–Crippen MR) is 130 cm³/mol. The molecule has 34 heavy (non-hydrogen) atoms. The van der Waals surface area contributed by atoms with Crippen LogP contribution in [0.5, 0.6) is 5.75 Å². The number of rotatable bonds is 9. The van der Waals surface area contributed by atoms with Crippen molar-refractivity contribution >= 4 is 22.8 Å². The van der Waals surface area contributed by atoms with E-state index in [1.807, 2.05) is 26.0 Å². The Bertz CT molecular complexity index is 1210. The van der Waals surface area contributed by atoms with E-state index < -0.39 is 11.6 Å². The van der Waals surface area contributed by atoms with Crippen molar-refractivity contribution in [1.82, 2.24) is 5.32 Å². The van der Waals surface area contributed by atoms with E-state index in [9.17, 15) is 14.4 Å². The highest BCUT2D eigenvalue weighted by atomic mass is 16.5. The highest BCUT2D eigenvalue weighted by Crippen LogP contribution is 2.21. The van der Waals surface area contributed by atoms with E-state index in [-0.39, 0.29) is 30.0 Å². The molecule has 0 aliphatic heterocycles. The topological polar surface area (TPSA) is 94.8 Å². The zero-order valence-corrected chi connectivity index (χ0v) is 20.2. The molecule has 1 heterocycles. The number of carbonyl (C=O) groups is 2. The number of hydrogen-bond acceptors (Lipinski definition) is 6. The molecule has 0 radical (unpaired) electrons. The van der Waals surface area contributed by atoms with Crippen molar-refractivity contribution in [2.45, 2.75) is 46.1 Å². The molecule has 0 aliphatic carbocycles. The van der Waals surface area contributed by atoms with Crippen LogP contribution in [0.1, 0.15) is 55.1 Å². The first kappa shape index (κ1) is 25.0. The summed E-state index contributed by atoms with van der Waals surface area (Å²) in [5.41, 5.74) is 1.59. The minimum absolute atomic E-state index is 0.0763. The average molecular weight is 466 g/mol. The Balaban J connectivity index is 1.58. The van der Waals surface area contributed by atoms with E-state index in [0.717, 1.165) is 12.0 Å². The number of hydrogen-bond donors (Lipinski definition) is 1. The number of methoxy groups -OCH3 is 1. The first-order valence-electron chi connectivity index (χ1n) is 11.4. The summed E-state index contributed by atoms with van der Waals surface area (Å²) in [6.45, 7) is 8.35. The zero-order chi connectivity index (χ0) is 24.8. The summed E-state index contributed by atoms with van der Waals surface area (Å²) in [4.78, 5) is 36.4. The molecule has 2 atom stereocenters. The van der Waals surface area contributed by atoms with Crippen LogP contribution < -0.4 is 15.7 Å². The lowest BCUT2D eigenvalue weighted by Crippen LogP contribution is -2.39. The number of fused-ring (bicyclic) bond motifs is 1. The Morgan fingerprint density at radius 3 is 2.35 bits per heavy atom. The molecule has 0 bridgehead atoms. The van der Waals surface area contributed by atoms with Crippen molar-refractivity contribution in [3.63, 3.8) is 0 Å². The first-order chi connectivity index (χ1) is 16.2. The molecule has 7 nitrogen and oxygen atoms in total. The van der Waals surface area contributed by atoms with Gasteiger partial charge in [0, 0.05) is 11.5 Å². The molecule has 7 heteroatoms. The van der Waals surface area contributed by atoms with Gasteiger partial charge >= 0.3 is 11.6 Å². The Labute approximate surface area is 199 Å². The lowest BCUT2D eigenvalue weighted by molar-refractivity contribution is -0.123. The maximum Gasteiger partial charge on any atom is 0.351 e. The molecule has 1 aromatic heterocycles. The van der Waals surface area contributed by atoms with Crippen LogP contribution in [-0.4, -0.2) is 31.6 Å². The van der Waals surface area contributed by atoms with E-state index in [2.05, 4.69) is 36.0 Å². The predicted octanol–water partition coefficient (Wildman–Crippen LogP) is 4.47. The molecular weight excluding hydrogens is 434 g/mol. The minimum atomic E-state index is -0.775. The van der Waals surface area contributed by atoms with Crippen LogP contribution >= 0.6 is 0 Å². The van der Waals surface area contributed by atoms with Crippen LogP contribution in [0.3, 0.4) is 0 Å². The van der Waals surface area contributed by atoms with Gasteiger partial charge < -0.3 is 19.2 Å². The Morgan fingerprint density at radius 2 is 1.71 bits per heavy atom. The van der Waals surface area contributed by atoms with Crippen molar-refractivity contribution < 1.29 is 23.5 Å². The summed E-state index contributed by atoms with van der Waals surface area (Å²) < 4.78 is 15.6. The largest absolute Gasteiger partial charge is 0.491 e. The van der Waals surface area contributed by atoms with Gasteiger partial charge in [0.25, 0.3) is 0 Å². The van der Waals surface area contributed by atoms with Crippen molar-refractivity contribution in [1.29, 1.82) is 0 Å². The van der Waals surface area contributed by atoms with Crippen LogP contribution in [0.15, 0.2) is 57.7 Å². The van der Waals surface area contributed by atoms with Crippen molar-refractivity contribution in [2.75, 3.05) is 13.7 Å². The van der Waals surface area contributed by atoms with Crippen LogP contribution in [0.4, 0.5) is 0 Å². The maximum absolute atomic E-state index is 12.7. The van der Waals surface area contributed by atoms with Gasteiger partial charge in [0.1, 0.15) is 23.5 Å². The molecule has 0 saturated carbocycles. The quantitative estimate of drug-likeness (QED) is 0.370. The van der Waals surface area contributed by atoms with Crippen molar-refractivity contribution in [3.8, 4) is 5.75 Å². The normalized spacial score (nSPS) is 12.9. The lowest BCUT2D eigenvalue weighted by Gasteiger charge is -2.19. The molecule has 3 rings (SSSR count). The van der Waals surface area contributed by atoms with Crippen LogP contribution in [-0.2, 0) is 16.0 Å². The second kappa shape index (κ2) is 11.0. The SMILES string of the molecule is COC(=O)c1cc2ccc(OC[C@H](C)NC(=O)[C@@H](C)c3ccc(CC(C)C)cc3)cc2oc1=O. The van der Waals surface area contributed by atoms with Gasteiger partial charge in [-0.1, -0.05) is 38.1 Å². The summed E-state index contributed by atoms with van der Waals surface area (Å²) in [6.07, 6.45) is 1.01. The lowest BCUT2D eigenvalue weighted by atomic mass is 9.96. The van der Waals surface area contributed by atoms with Crippen molar-refractivity contribution in [3.05, 3.63) is 75.6 Å². The number of nitrogens with one attached hydrogen (secondary N) is 1. The molecule has 0 spiro atoms. The van der Waals surface area contributed by atoms with Gasteiger partial charge in [-0.15, -0.1) is 0 Å². The third-order valence-electron chi connectivity index (χ3n) is 5.52. The fourth-order valence-electron chi connectivity index (χ4n) is 3.63. The zero-order valence-electron chi connectivity index (χ0n) is 20.2. The molecule has 0 fully saturated rings. The summed E-state index contributed by atoms with van der Waals surface area (Å²) >= 11 is 0. The smallest absolute Gasteiger partial charge is 0.351 e. The third-order valence-corrected chi connectivity index (χ3v) is 5.52. The molecule has 0 saturated heterocycles. The molecule has 3 aromatic rings. The molecule has 0 aliphatic rings. The minimum Gasteiger partial charge on any atom is -0.491 e. The van der Waals surface area contributed by atoms with Gasteiger partial charge in [-0.25, -0.2) is 9.59 Å². The van der Waals surface area contributed by atoms with Gasteiger partial charge in [0.15, 0.2) is 0 Å². The fourth-order valence-corrected chi connectivity index (χ4v) is 3.63. The second-order valence-electron chi connectivity index (χ2n) is 8.92. The van der Waals surface area contributed by atoms with Gasteiger partial charge in [0.05, 0.1) is 19.1 Å². The second-order valence-corrected chi connectivity index (χ2v) is 8.92. The van der Waals surface area contributed by atoms with E-state index in [1.54, 1.807) is 18.2 Å². The van der Waals surface area contributed by atoms with Gasteiger partial charge in [0.2, 0.25) is 5.91 Å². The van der Waals surface area contributed by atoms with Crippen LogP contribution in [0, 0.1) is 5.92 Å². The summed E-state index contributed by atoms with van der Waals surface area (Å²) in [5.74, 6) is -0.0388. The highest BCUT2D eigenvalue weighted by Gasteiger charge is 2.18. The van der Waals surface area contributed by atoms with E-state index in [0.29, 0.717) is 22.6 Å². The van der Waals surface area contributed by atoms with E-state index in [4.69, 9.17) is 9.15 Å².